The van der Waals surface area contributed by atoms with Crippen LogP contribution in [0.25, 0.3) is 0 Å². The third-order valence-electron chi connectivity index (χ3n) is 3.32. The minimum absolute atomic E-state index is 0.164. The van der Waals surface area contributed by atoms with Crippen molar-refractivity contribution in [2.24, 2.45) is 0 Å². The summed E-state index contributed by atoms with van der Waals surface area (Å²) in [5.41, 5.74) is 0.325. The molecule has 0 bridgehead atoms. The van der Waals surface area contributed by atoms with Crippen LogP contribution in [0.15, 0.2) is 46.9 Å². The molecule has 0 aliphatic carbocycles. The normalized spacial score (nSPS) is 11.1. The van der Waals surface area contributed by atoms with Gasteiger partial charge < -0.3 is 10.6 Å². The van der Waals surface area contributed by atoms with Gasteiger partial charge in [-0.25, -0.2) is 0 Å². The summed E-state index contributed by atoms with van der Waals surface area (Å²) >= 11 is 3.31. The van der Waals surface area contributed by atoms with E-state index in [0.717, 1.165) is 28.2 Å². The number of alkyl halides is 3. The quantitative estimate of drug-likeness (QED) is 0.789. The summed E-state index contributed by atoms with van der Waals surface area (Å²) in [6.07, 6.45) is -4.53. The number of carbonyl (C=O) groups excluding carboxylic acids is 2. The fourth-order valence-corrected chi connectivity index (χ4v) is 2.54. The van der Waals surface area contributed by atoms with Gasteiger partial charge in [0.05, 0.1) is 12.1 Å². The van der Waals surface area contributed by atoms with E-state index in [1.807, 2.05) is 13.0 Å². The minimum atomic E-state index is -4.53. The van der Waals surface area contributed by atoms with Gasteiger partial charge in [0.25, 0.3) is 5.91 Å². The molecule has 2 aromatic rings. The van der Waals surface area contributed by atoms with Crippen molar-refractivity contribution in [1.29, 1.82) is 0 Å². The first-order valence-electron chi connectivity index (χ1n) is 7.18. The maximum absolute atomic E-state index is 12.7. The highest BCUT2D eigenvalue weighted by atomic mass is 79.9. The van der Waals surface area contributed by atoms with Crippen molar-refractivity contribution in [1.82, 2.24) is 5.32 Å². The van der Waals surface area contributed by atoms with E-state index < -0.39 is 23.6 Å². The number of aryl methyl sites for hydroxylation is 1. The Labute approximate surface area is 150 Å². The zero-order chi connectivity index (χ0) is 18.6. The van der Waals surface area contributed by atoms with Crippen LogP contribution in [0.5, 0.6) is 0 Å². The Hall–Kier alpha value is -2.35. The van der Waals surface area contributed by atoms with Gasteiger partial charge in [-0.15, -0.1) is 0 Å². The molecule has 0 aliphatic rings. The number of benzene rings is 2. The molecule has 2 amide bonds. The molecule has 2 rings (SSSR count). The lowest BCUT2D eigenvalue weighted by molar-refractivity contribution is -0.137. The Morgan fingerprint density at radius 2 is 1.84 bits per heavy atom. The van der Waals surface area contributed by atoms with Crippen LogP contribution in [0, 0.1) is 6.92 Å². The van der Waals surface area contributed by atoms with Crippen LogP contribution in [0.2, 0.25) is 0 Å². The largest absolute Gasteiger partial charge is 0.416 e. The summed E-state index contributed by atoms with van der Waals surface area (Å²) in [6.45, 7) is 1.45. The van der Waals surface area contributed by atoms with Crippen molar-refractivity contribution in [2.75, 3.05) is 11.9 Å². The standard InChI is InChI=1S/C17H14BrF3N2O2/c1-10-7-13(18)5-6-14(10)23-15(24)9-22-16(25)11-3-2-4-12(8-11)17(19,20)21/h2-8H,9H2,1H3,(H,22,25)(H,23,24). The monoisotopic (exact) mass is 414 g/mol. The van der Waals surface area contributed by atoms with Crippen LogP contribution in [-0.2, 0) is 11.0 Å². The highest BCUT2D eigenvalue weighted by molar-refractivity contribution is 9.10. The zero-order valence-corrected chi connectivity index (χ0v) is 14.7. The van der Waals surface area contributed by atoms with Gasteiger partial charge >= 0.3 is 6.18 Å². The van der Waals surface area contributed by atoms with Gasteiger partial charge in [-0.05, 0) is 48.9 Å². The van der Waals surface area contributed by atoms with E-state index in [4.69, 9.17) is 0 Å². The highest BCUT2D eigenvalue weighted by Gasteiger charge is 2.30. The molecule has 25 heavy (non-hydrogen) atoms. The number of carbonyl (C=O) groups is 2. The predicted octanol–water partition coefficient (Wildman–Crippen LogP) is 4.14. The number of anilines is 1. The predicted molar refractivity (Wildman–Crippen MR) is 91.3 cm³/mol. The van der Waals surface area contributed by atoms with Crippen molar-refractivity contribution in [3.05, 3.63) is 63.6 Å². The third-order valence-corrected chi connectivity index (χ3v) is 3.82. The van der Waals surface area contributed by atoms with Gasteiger partial charge in [-0.1, -0.05) is 22.0 Å². The molecule has 0 spiro atoms. The first kappa shape index (κ1) is 19.0. The van der Waals surface area contributed by atoms with E-state index in [0.29, 0.717) is 5.69 Å². The number of amides is 2. The Bertz CT molecular complexity index is 807. The summed E-state index contributed by atoms with van der Waals surface area (Å²) < 4.78 is 38.8. The summed E-state index contributed by atoms with van der Waals surface area (Å²) in [5.74, 6) is -1.24. The molecule has 0 saturated carbocycles. The Morgan fingerprint density at radius 3 is 2.48 bits per heavy atom. The minimum Gasteiger partial charge on any atom is -0.343 e. The molecule has 4 nitrogen and oxygen atoms in total. The summed E-state index contributed by atoms with van der Waals surface area (Å²) in [7, 11) is 0. The zero-order valence-electron chi connectivity index (χ0n) is 13.1. The maximum atomic E-state index is 12.7. The second kappa shape index (κ2) is 7.69. The van der Waals surface area contributed by atoms with Crippen molar-refractivity contribution in [3.63, 3.8) is 0 Å². The molecule has 2 N–H and O–H groups in total. The summed E-state index contributed by atoms with van der Waals surface area (Å²) in [6, 6.07) is 9.28. The molecular weight excluding hydrogens is 401 g/mol. The number of rotatable bonds is 4. The summed E-state index contributed by atoms with van der Waals surface area (Å²) in [5, 5.41) is 4.93. The molecule has 0 aliphatic heterocycles. The second-order valence-corrected chi connectivity index (χ2v) is 6.18. The molecule has 8 heteroatoms. The lowest BCUT2D eigenvalue weighted by Crippen LogP contribution is -2.33. The van der Waals surface area contributed by atoms with E-state index in [1.165, 1.54) is 6.07 Å². The van der Waals surface area contributed by atoms with E-state index >= 15 is 0 Å². The fraction of sp³-hybridized carbons (Fsp3) is 0.176. The molecule has 0 saturated heterocycles. The van der Waals surface area contributed by atoms with E-state index in [2.05, 4.69) is 26.6 Å². The van der Waals surface area contributed by atoms with Gasteiger partial charge in [0.2, 0.25) is 5.91 Å². The van der Waals surface area contributed by atoms with Crippen LogP contribution < -0.4 is 10.6 Å². The molecule has 0 heterocycles. The van der Waals surface area contributed by atoms with Crippen molar-refractivity contribution in [3.8, 4) is 0 Å². The molecule has 2 aromatic carbocycles. The lowest BCUT2D eigenvalue weighted by Gasteiger charge is -2.11. The van der Waals surface area contributed by atoms with Crippen molar-refractivity contribution >= 4 is 33.4 Å². The van der Waals surface area contributed by atoms with Crippen LogP contribution in [0.3, 0.4) is 0 Å². The Balaban J connectivity index is 1.96. The molecule has 132 valence electrons. The van der Waals surface area contributed by atoms with Gasteiger partial charge in [0.15, 0.2) is 0 Å². The average Bonchev–Trinajstić information content (AvgIpc) is 2.54. The van der Waals surface area contributed by atoms with Crippen molar-refractivity contribution < 1.29 is 22.8 Å². The first-order valence-corrected chi connectivity index (χ1v) is 7.97. The van der Waals surface area contributed by atoms with Gasteiger partial charge in [0, 0.05) is 15.7 Å². The fourth-order valence-electron chi connectivity index (χ4n) is 2.06. The summed E-state index contributed by atoms with van der Waals surface area (Å²) in [4.78, 5) is 23.8. The van der Waals surface area contributed by atoms with Crippen LogP contribution >= 0.6 is 15.9 Å². The van der Waals surface area contributed by atoms with Gasteiger partial charge in [0.1, 0.15) is 0 Å². The molecule has 0 aromatic heterocycles. The van der Waals surface area contributed by atoms with Crippen LogP contribution in [0.1, 0.15) is 21.5 Å². The number of halogens is 4. The van der Waals surface area contributed by atoms with E-state index in [1.54, 1.807) is 12.1 Å². The third kappa shape index (κ3) is 5.32. The van der Waals surface area contributed by atoms with Gasteiger partial charge in [-0.3, -0.25) is 9.59 Å². The smallest absolute Gasteiger partial charge is 0.343 e. The topological polar surface area (TPSA) is 58.2 Å². The number of nitrogens with one attached hydrogen (secondary N) is 2. The van der Waals surface area contributed by atoms with E-state index in [-0.39, 0.29) is 12.1 Å². The van der Waals surface area contributed by atoms with Gasteiger partial charge in [-0.2, -0.15) is 13.2 Å². The molecule has 0 radical (unpaired) electrons. The van der Waals surface area contributed by atoms with Crippen molar-refractivity contribution in [2.45, 2.75) is 13.1 Å². The van der Waals surface area contributed by atoms with Crippen LogP contribution in [0.4, 0.5) is 18.9 Å². The van der Waals surface area contributed by atoms with E-state index in [9.17, 15) is 22.8 Å². The second-order valence-electron chi connectivity index (χ2n) is 5.27. The molecule has 0 fully saturated rings. The number of hydrogen-bond donors (Lipinski definition) is 2. The molecule has 0 unspecified atom stereocenters. The lowest BCUT2D eigenvalue weighted by atomic mass is 10.1. The molecular formula is C17H14BrF3N2O2. The molecule has 0 atom stereocenters. The Kier molecular flexibility index (Phi) is 5.84. The van der Waals surface area contributed by atoms with Crippen LogP contribution in [-0.4, -0.2) is 18.4 Å². The maximum Gasteiger partial charge on any atom is 0.416 e. The highest BCUT2D eigenvalue weighted by Crippen LogP contribution is 2.29. The SMILES string of the molecule is Cc1cc(Br)ccc1NC(=O)CNC(=O)c1cccc(C(F)(F)F)c1. The average molecular weight is 415 g/mol. The Morgan fingerprint density at radius 1 is 1.12 bits per heavy atom. The number of hydrogen-bond acceptors (Lipinski definition) is 2. The first-order chi connectivity index (χ1) is 11.7.